The molecule has 0 aliphatic heterocycles. The fraction of sp³-hybridized carbons (Fsp3) is 0.846. The van der Waals surface area contributed by atoms with E-state index in [2.05, 4.69) is 63.7 Å². The maximum atomic E-state index is 3.76. The minimum Gasteiger partial charge on any atom is -0.318 e. The molecular formula is C13H31N3. The molecule has 0 aromatic heterocycles. The van der Waals surface area contributed by atoms with Crippen LogP contribution in [0.3, 0.4) is 0 Å². The van der Waals surface area contributed by atoms with Gasteiger partial charge in [-0.25, -0.2) is 0 Å². The van der Waals surface area contributed by atoms with Gasteiger partial charge in [0.25, 0.3) is 0 Å². The Morgan fingerprint density at radius 2 is 1.69 bits per heavy atom. The third-order valence-corrected chi connectivity index (χ3v) is 2.33. The first-order chi connectivity index (χ1) is 7.36. The Morgan fingerprint density at radius 3 is 1.75 bits per heavy atom. The molecule has 3 heteroatoms. The molecule has 1 unspecified atom stereocenters. The Balaban J connectivity index is 0. The van der Waals surface area contributed by atoms with Crippen LogP contribution in [-0.4, -0.2) is 64.2 Å². The topological polar surface area (TPSA) is 18.5 Å². The largest absolute Gasteiger partial charge is 0.318 e. The first kappa shape index (κ1) is 18.0. The minimum atomic E-state index is 0.519. The van der Waals surface area contributed by atoms with Crippen molar-refractivity contribution < 1.29 is 0 Å². The van der Waals surface area contributed by atoms with E-state index in [1.807, 2.05) is 13.1 Å². The monoisotopic (exact) mass is 229 g/mol. The number of likely N-dealkylation sites (N-methyl/N-ethyl adjacent to an activating group) is 3. The fourth-order valence-electron chi connectivity index (χ4n) is 1.41. The molecule has 0 fully saturated rings. The van der Waals surface area contributed by atoms with Gasteiger partial charge in [-0.15, -0.1) is 6.58 Å². The van der Waals surface area contributed by atoms with Gasteiger partial charge < -0.3 is 15.1 Å². The van der Waals surface area contributed by atoms with Gasteiger partial charge in [-0.05, 0) is 41.2 Å². The molecule has 98 valence electrons. The van der Waals surface area contributed by atoms with Gasteiger partial charge in [0.1, 0.15) is 0 Å². The van der Waals surface area contributed by atoms with Crippen LogP contribution in [0.4, 0.5) is 0 Å². The van der Waals surface area contributed by atoms with Crippen LogP contribution in [0.1, 0.15) is 13.8 Å². The summed E-state index contributed by atoms with van der Waals surface area (Å²) in [4.78, 5) is 4.33. The van der Waals surface area contributed by atoms with Crippen LogP contribution in [0, 0.1) is 5.92 Å². The third-order valence-electron chi connectivity index (χ3n) is 2.33. The van der Waals surface area contributed by atoms with Gasteiger partial charge in [0.2, 0.25) is 0 Å². The SMILES string of the molecule is C=CC(C(C)C)N(C)C.CNCCN(C)C. The van der Waals surface area contributed by atoms with Crippen LogP contribution >= 0.6 is 0 Å². The molecule has 0 bridgehead atoms. The summed E-state index contributed by atoms with van der Waals surface area (Å²) in [7, 11) is 10.2. The maximum Gasteiger partial charge on any atom is 0.0292 e. The second kappa shape index (κ2) is 11.1. The van der Waals surface area contributed by atoms with Crippen molar-refractivity contribution in [3.05, 3.63) is 12.7 Å². The van der Waals surface area contributed by atoms with Crippen LogP contribution in [0.25, 0.3) is 0 Å². The Morgan fingerprint density at radius 1 is 1.19 bits per heavy atom. The standard InChI is InChI=1S/C8H17N.C5H14N2/c1-6-8(7(2)3)9(4)5;1-6-4-5-7(2)3/h6-8H,1H2,2-5H3;6H,4-5H2,1-3H3. The van der Waals surface area contributed by atoms with Crippen molar-refractivity contribution >= 4 is 0 Å². The minimum absolute atomic E-state index is 0.519. The fourth-order valence-corrected chi connectivity index (χ4v) is 1.41. The van der Waals surface area contributed by atoms with Crippen molar-refractivity contribution in [1.29, 1.82) is 0 Å². The van der Waals surface area contributed by atoms with Gasteiger partial charge in [-0.1, -0.05) is 19.9 Å². The van der Waals surface area contributed by atoms with E-state index in [-0.39, 0.29) is 0 Å². The molecule has 0 rings (SSSR count). The maximum absolute atomic E-state index is 3.76. The quantitative estimate of drug-likeness (QED) is 0.697. The number of nitrogens with one attached hydrogen (secondary N) is 1. The molecule has 16 heavy (non-hydrogen) atoms. The normalized spacial score (nSPS) is 12.6. The molecule has 0 aromatic rings. The van der Waals surface area contributed by atoms with E-state index < -0.39 is 0 Å². The average Bonchev–Trinajstić information content (AvgIpc) is 2.15. The summed E-state index contributed by atoms with van der Waals surface area (Å²) in [6.07, 6.45) is 1.99. The van der Waals surface area contributed by atoms with E-state index in [0.29, 0.717) is 12.0 Å². The molecule has 0 aliphatic carbocycles. The van der Waals surface area contributed by atoms with Gasteiger partial charge in [0.05, 0.1) is 0 Å². The van der Waals surface area contributed by atoms with Gasteiger partial charge in [-0.3, -0.25) is 0 Å². The lowest BCUT2D eigenvalue weighted by molar-refractivity contribution is 0.280. The number of nitrogens with zero attached hydrogens (tertiary/aromatic N) is 2. The van der Waals surface area contributed by atoms with E-state index in [4.69, 9.17) is 0 Å². The highest BCUT2D eigenvalue weighted by atomic mass is 15.1. The first-order valence-electron chi connectivity index (χ1n) is 5.95. The Hall–Kier alpha value is -0.380. The summed E-state index contributed by atoms with van der Waals surface area (Å²) in [5.74, 6) is 0.664. The predicted molar refractivity (Wildman–Crippen MR) is 75.0 cm³/mol. The van der Waals surface area contributed by atoms with Crippen molar-refractivity contribution in [2.75, 3.05) is 48.3 Å². The Labute approximate surface area is 103 Å². The summed E-state index contributed by atoms with van der Waals surface area (Å²) < 4.78 is 0. The summed E-state index contributed by atoms with van der Waals surface area (Å²) in [6, 6.07) is 0.519. The summed E-state index contributed by atoms with van der Waals surface area (Å²) in [6.45, 7) is 10.4. The zero-order valence-electron chi connectivity index (χ0n) is 12.2. The Bertz CT molecular complexity index is 145. The van der Waals surface area contributed by atoms with Gasteiger partial charge in [-0.2, -0.15) is 0 Å². The Kier molecular flexibility index (Phi) is 12.5. The molecule has 1 atom stereocenters. The van der Waals surface area contributed by atoms with Crippen molar-refractivity contribution in [3.8, 4) is 0 Å². The zero-order valence-corrected chi connectivity index (χ0v) is 12.2. The summed E-state index contributed by atoms with van der Waals surface area (Å²) in [5, 5.41) is 3.06. The zero-order chi connectivity index (χ0) is 13.1. The van der Waals surface area contributed by atoms with E-state index in [0.717, 1.165) is 13.1 Å². The molecular weight excluding hydrogens is 198 g/mol. The average molecular weight is 229 g/mol. The van der Waals surface area contributed by atoms with E-state index in [1.54, 1.807) is 0 Å². The molecule has 0 spiro atoms. The third kappa shape index (κ3) is 11.7. The van der Waals surface area contributed by atoms with Gasteiger partial charge in [0, 0.05) is 19.1 Å². The predicted octanol–water partition coefficient (Wildman–Crippen LogP) is 1.53. The molecule has 1 N–H and O–H groups in total. The number of hydrogen-bond donors (Lipinski definition) is 1. The van der Waals surface area contributed by atoms with E-state index >= 15 is 0 Å². The lowest BCUT2D eigenvalue weighted by Gasteiger charge is -2.23. The molecule has 0 aromatic carbocycles. The summed E-state index contributed by atoms with van der Waals surface area (Å²) >= 11 is 0. The van der Waals surface area contributed by atoms with Crippen molar-refractivity contribution in [2.24, 2.45) is 5.92 Å². The highest BCUT2D eigenvalue weighted by Gasteiger charge is 2.09. The molecule has 0 saturated carbocycles. The summed E-state index contributed by atoms with van der Waals surface area (Å²) in [5.41, 5.74) is 0. The van der Waals surface area contributed by atoms with E-state index in [9.17, 15) is 0 Å². The molecule has 0 amide bonds. The lowest BCUT2D eigenvalue weighted by atomic mass is 10.0. The molecule has 0 aliphatic rings. The lowest BCUT2D eigenvalue weighted by Crippen LogP contribution is -2.30. The van der Waals surface area contributed by atoms with Crippen LogP contribution in [0.2, 0.25) is 0 Å². The molecule has 3 nitrogen and oxygen atoms in total. The van der Waals surface area contributed by atoms with Gasteiger partial charge in [0.15, 0.2) is 0 Å². The van der Waals surface area contributed by atoms with Crippen LogP contribution in [0.15, 0.2) is 12.7 Å². The first-order valence-corrected chi connectivity index (χ1v) is 5.95. The molecule has 0 radical (unpaired) electrons. The van der Waals surface area contributed by atoms with Crippen LogP contribution < -0.4 is 5.32 Å². The van der Waals surface area contributed by atoms with Gasteiger partial charge >= 0.3 is 0 Å². The van der Waals surface area contributed by atoms with Crippen LogP contribution in [-0.2, 0) is 0 Å². The van der Waals surface area contributed by atoms with Crippen LogP contribution in [0.5, 0.6) is 0 Å². The highest BCUT2D eigenvalue weighted by Crippen LogP contribution is 2.06. The number of hydrogen-bond acceptors (Lipinski definition) is 3. The van der Waals surface area contributed by atoms with Crippen molar-refractivity contribution in [2.45, 2.75) is 19.9 Å². The second-order valence-electron chi connectivity index (χ2n) is 4.84. The van der Waals surface area contributed by atoms with Crippen molar-refractivity contribution in [3.63, 3.8) is 0 Å². The second-order valence-corrected chi connectivity index (χ2v) is 4.84. The van der Waals surface area contributed by atoms with Crippen molar-refractivity contribution in [1.82, 2.24) is 15.1 Å². The molecule has 0 heterocycles. The highest BCUT2D eigenvalue weighted by molar-refractivity contribution is 4.87. The number of rotatable bonds is 6. The smallest absolute Gasteiger partial charge is 0.0292 e. The molecule has 0 saturated heterocycles. The van der Waals surface area contributed by atoms with E-state index in [1.165, 1.54) is 0 Å².